The molecule has 1 aromatic carbocycles. The number of rotatable bonds is 2. The number of pyridine rings is 1. The van der Waals surface area contributed by atoms with Crippen molar-refractivity contribution in [3.63, 3.8) is 0 Å². The van der Waals surface area contributed by atoms with Gasteiger partial charge in [-0.25, -0.2) is 9.97 Å². The molecule has 158 valence electrons. The Kier molecular flexibility index (Phi) is 5.79. The smallest absolute Gasteiger partial charge is 0.335 e. The van der Waals surface area contributed by atoms with Crippen LogP contribution in [0.5, 0.6) is 0 Å². The number of carbonyl (C=O) groups is 1. The predicted molar refractivity (Wildman–Crippen MR) is 121 cm³/mol. The maximum Gasteiger partial charge on any atom is 0.335 e. The first-order valence-electron chi connectivity index (χ1n) is 9.65. The Balaban J connectivity index is 0.000000730. The van der Waals surface area contributed by atoms with Crippen molar-refractivity contribution in [1.82, 2.24) is 19.9 Å². The average Bonchev–Trinajstić information content (AvgIpc) is 3.35. The van der Waals surface area contributed by atoms with Crippen LogP contribution >= 0.6 is 11.3 Å². The van der Waals surface area contributed by atoms with E-state index in [4.69, 9.17) is 13.4 Å². The van der Waals surface area contributed by atoms with Crippen molar-refractivity contribution >= 4 is 39.8 Å². The third-order valence-corrected chi connectivity index (χ3v) is 6.26. The molecule has 0 saturated heterocycles. The number of hydrogen-bond acceptors (Lipinski definition) is 6. The lowest BCUT2D eigenvalue weighted by atomic mass is 9.88. The largest absolute Gasteiger partial charge is 0.351 e. The Morgan fingerprint density at radius 3 is 2.61 bits per heavy atom. The topological polar surface area (TPSA) is 93.9 Å². The number of amides is 1. The SMILES string of the molecule is CC1(C)CNC(=O)c2sc(-c3ccnc4c3ccn4-c3ccccc3)nc2C1.O=S=O. The molecule has 0 bridgehead atoms. The molecule has 1 aliphatic heterocycles. The minimum atomic E-state index is -0.750. The summed E-state index contributed by atoms with van der Waals surface area (Å²) < 4.78 is 18.7. The zero-order chi connectivity index (χ0) is 22.0. The summed E-state index contributed by atoms with van der Waals surface area (Å²) in [6.07, 6.45) is 4.63. The van der Waals surface area contributed by atoms with E-state index in [1.807, 2.05) is 36.7 Å². The number of hydrogen-bond donors (Lipinski definition) is 1. The molecule has 0 unspecified atom stereocenters. The molecule has 3 aromatic heterocycles. The molecule has 0 radical (unpaired) electrons. The van der Waals surface area contributed by atoms with Gasteiger partial charge in [-0.1, -0.05) is 32.0 Å². The number of thiazole rings is 1. The van der Waals surface area contributed by atoms with Gasteiger partial charge in [0.25, 0.3) is 5.91 Å². The molecular weight excluding hydrogens is 432 g/mol. The van der Waals surface area contributed by atoms with Crippen molar-refractivity contribution in [3.8, 4) is 16.3 Å². The van der Waals surface area contributed by atoms with Gasteiger partial charge in [-0.3, -0.25) is 4.79 Å². The molecule has 0 saturated carbocycles. The summed E-state index contributed by atoms with van der Waals surface area (Å²) in [6.45, 7) is 4.99. The third kappa shape index (κ3) is 4.19. The molecule has 1 amide bonds. The van der Waals surface area contributed by atoms with Gasteiger partial charge in [0.15, 0.2) is 0 Å². The summed E-state index contributed by atoms with van der Waals surface area (Å²) in [7, 11) is 0. The Labute approximate surface area is 186 Å². The first kappa shape index (κ1) is 21.1. The van der Waals surface area contributed by atoms with Gasteiger partial charge in [-0.2, -0.15) is 8.42 Å². The summed E-state index contributed by atoms with van der Waals surface area (Å²) in [5, 5.41) is 4.94. The lowest BCUT2D eigenvalue weighted by molar-refractivity contribution is 0.0948. The standard InChI is InChI=1S/C22H20N4OS.O2S/c1-22(2)12-17-18(20(27)24-13-22)28-21(25-17)16-8-10-23-19-15(16)9-11-26(19)14-6-4-3-5-7-14;1-3-2/h3-11H,12-13H2,1-2H3,(H,24,27);. The molecule has 7 nitrogen and oxygen atoms in total. The molecular formula is C22H20N4O3S2. The van der Waals surface area contributed by atoms with Crippen LogP contribution in [0, 0.1) is 5.41 Å². The second-order valence-corrected chi connectivity index (χ2v) is 9.14. The van der Waals surface area contributed by atoms with Crippen molar-refractivity contribution < 1.29 is 13.2 Å². The minimum absolute atomic E-state index is 0.00352. The summed E-state index contributed by atoms with van der Waals surface area (Å²) in [4.78, 5) is 22.7. The number of benzene rings is 1. The summed E-state index contributed by atoms with van der Waals surface area (Å²) in [5.74, 6) is -0.0171. The normalized spacial score (nSPS) is 14.7. The van der Waals surface area contributed by atoms with Crippen molar-refractivity contribution in [2.45, 2.75) is 20.3 Å². The summed E-state index contributed by atoms with van der Waals surface area (Å²) in [6, 6.07) is 14.2. The Morgan fingerprint density at radius 2 is 1.87 bits per heavy atom. The van der Waals surface area contributed by atoms with Crippen LogP contribution in [0.3, 0.4) is 0 Å². The van der Waals surface area contributed by atoms with E-state index in [1.54, 1.807) is 0 Å². The van der Waals surface area contributed by atoms with Crippen LogP contribution in [-0.2, 0) is 18.0 Å². The highest BCUT2D eigenvalue weighted by atomic mass is 32.1. The van der Waals surface area contributed by atoms with Crippen molar-refractivity contribution in [2.24, 2.45) is 5.41 Å². The second-order valence-electron chi connectivity index (χ2n) is 8.00. The van der Waals surface area contributed by atoms with Crippen LogP contribution in [0.4, 0.5) is 0 Å². The Hall–Kier alpha value is -3.17. The van der Waals surface area contributed by atoms with Gasteiger partial charge in [0.1, 0.15) is 15.5 Å². The number of carbonyl (C=O) groups excluding carboxylic acids is 1. The van der Waals surface area contributed by atoms with Crippen LogP contribution in [0.25, 0.3) is 27.3 Å². The first-order valence-corrected chi connectivity index (χ1v) is 11.1. The number of fused-ring (bicyclic) bond motifs is 2. The van der Waals surface area contributed by atoms with Gasteiger partial charge in [0.2, 0.25) is 0 Å². The zero-order valence-electron chi connectivity index (χ0n) is 17.0. The molecule has 4 heterocycles. The van der Waals surface area contributed by atoms with Crippen molar-refractivity contribution in [1.29, 1.82) is 0 Å². The lowest BCUT2D eigenvalue weighted by Crippen LogP contribution is -2.31. The van der Waals surface area contributed by atoms with E-state index in [0.29, 0.717) is 6.54 Å². The molecule has 4 aromatic rings. The third-order valence-electron chi connectivity index (χ3n) is 5.13. The van der Waals surface area contributed by atoms with Gasteiger partial charge in [0, 0.05) is 35.6 Å². The predicted octanol–water partition coefficient (Wildman–Crippen LogP) is 3.79. The van der Waals surface area contributed by atoms with Crippen LogP contribution in [0.2, 0.25) is 0 Å². The summed E-state index contributed by atoms with van der Waals surface area (Å²) in [5.41, 5.74) is 3.86. The molecule has 0 atom stereocenters. The van der Waals surface area contributed by atoms with Gasteiger partial charge in [0.05, 0.1) is 5.69 Å². The Morgan fingerprint density at radius 1 is 1.13 bits per heavy atom. The van der Waals surface area contributed by atoms with E-state index in [0.717, 1.165) is 44.3 Å². The monoisotopic (exact) mass is 452 g/mol. The van der Waals surface area contributed by atoms with E-state index in [1.165, 1.54) is 11.3 Å². The fourth-order valence-electron chi connectivity index (χ4n) is 3.70. The van der Waals surface area contributed by atoms with E-state index >= 15 is 0 Å². The number of nitrogens with one attached hydrogen (secondary N) is 1. The van der Waals surface area contributed by atoms with E-state index < -0.39 is 11.6 Å². The van der Waals surface area contributed by atoms with Crippen LogP contribution in [0.15, 0.2) is 54.9 Å². The second kappa shape index (κ2) is 8.52. The van der Waals surface area contributed by atoms with Crippen molar-refractivity contribution in [2.75, 3.05) is 6.54 Å². The number of aromatic nitrogens is 3. The number of nitrogens with zero attached hydrogens (tertiary/aromatic N) is 3. The highest BCUT2D eigenvalue weighted by Gasteiger charge is 2.30. The average molecular weight is 453 g/mol. The fraction of sp³-hybridized carbons (Fsp3) is 0.227. The maximum absolute atomic E-state index is 12.5. The molecule has 1 aliphatic rings. The van der Waals surface area contributed by atoms with E-state index in [9.17, 15) is 4.79 Å². The maximum atomic E-state index is 12.5. The van der Waals surface area contributed by atoms with Gasteiger partial charge >= 0.3 is 11.6 Å². The highest BCUT2D eigenvalue weighted by Crippen LogP contribution is 2.36. The van der Waals surface area contributed by atoms with Gasteiger partial charge in [-0.05, 0) is 36.1 Å². The first-order chi connectivity index (χ1) is 14.9. The van der Waals surface area contributed by atoms with Crippen LogP contribution in [0.1, 0.15) is 29.2 Å². The molecule has 1 N–H and O–H groups in total. The number of para-hydroxylation sites is 1. The lowest BCUT2D eigenvalue weighted by Gasteiger charge is -2.21. The zero-order valence-corrected chi connectivity index (χ0v) is 18.6. The molecule has 0 aliphatic carbocycles. The van der Waals surface area contributed by atoms with Crippen molar-refractivity contribution in [3.05, 3.63) is 65.4 Å². The molecule has 0 spiro atoms. The Bertz CT molecular complexity index is 1290. The van der Waals surface area contributed by atoms with E-state index in [2.05, 4.69) is 46.9 Å². The highest BCUT2D eigenvalue weighted by molar-refractivity contribution is 7.51. The van der Waals surface area contributed by atoms with Gasteiger partial charge in [-0.15, -0.1) is 11.3 Å². The van der Waals surface area contributed by atoms with E-state index in [-0.39, 0.29) is 11.3 Å². The van der Waals surface area contributed by atoms with Crippen LogP contribution < -0.4 is 5.32 Å². The minimum Gasteiger partial charge on any atom is -0.351 e. The summed E-state index contributed by atoms with van der Waals surface area (Å²) >= 11 is 0.720. The quantitative estimate of drug-likeness (QED) is 0.499. The molecule has 31 heavy (non-hydrogen) atoms. The molecule has 9 heteroatoms. The van der Waals surface area contributed by atoms with Gasteiger partial charge < -0.3 is 9.88 Å². The molecule has 5 rings (SSSR count). The molecule has 0 fully saturated rings. The fourth-order valence-corrected chi connectivity index (χ4v) is 4.74. The van der Waals surface area contributed by atoms with Crippen LogP contribution in [-0.4, -0.2) is 35.4 Å².